The van der Waals surface area contributed by atoms with Crippen LogP contribution in [0.15, 0.2) is 39.1 Å². The van der Waals surface area contributed by atoms with Crippen LogP contribution in [-0.4, -0.2) is 45.8 Å². The molecule has 0 radical (unpaired) electrons. The number of guanidine groups is 2. The predicted octanol–water partition coefficient (Wildman–Crippen LogP) is 1.50. The van der Waals surface area contributed by atoms with Crippen molar-refractivity contribution in [1.82, 2.24) is 4.72 Å². The van der Waals surface area contributed by atoms with Crippen molar-refractivity contribution in [2.24, 2.45) is 21.5 Å². The largest absolute Gasteiger partial charge is 0.382 e. The summed E-state index contributed by atoms with van der Waals surface area (Å²) in [7, 11) is -3.58. The lowest BCUT2D eigenvalue weighted by atomic mass is 9.87. The van der Waals surface area contributed by atoms with E-state index < -0.39 is 15.7 Å². The summed E-state index contributed by atoms with van der Waals surface area (Å²) in [6.07, 6.45) is 5.47. The second-order valence-electron chi connectivity index (χ2n) is 7.26. The van der Waals surface area contributed by atoms with E-state index in [9.17, 15) is 8.42 Å². The molecule has 1 spiro atoms. The van der Waals surface area contributed by atoms with Gasteiger partial charge in [0.15, 0.2) is 0 Å². The Morgan fingerprint density at radius 3 is 2.52 bits per heavy atom. The zero-order chi connectivity index (χ0) is 20.9. The average Bonchev–Trinajstić information content (AvgIpc) is 2.68. The predicted molar refractivity (Wildman–Crippen MR) is 114 cm³/mol. The molecule has 1 aromatic carbocycles. The molecule has 0 aromatic heterocycles. The minimum Gasteiger partial charge on any atom is -0.382 e. The second kappa shape index (κ2) is 9.10. The van der Waals surface area contributed by atoms with E-state index in [-0.39, 0.29) is 16.8 Å². The molecule has 5 N–H and O–H groups in total. The molecule has 3 rings (SSSR count). The number of sulfonamides is 1. The van der Waals surface area contributed by atoms with Crippen molar-refractivity contribution >= 4 is 27.6 Å². The summed E-state index contributed by atoms with van der Waals surface area (Å²) in [5.74, 6) is 0.472. The van der Waals surface area contributed by atoms with Crippen molar-refractivity contribution < 1.29 is 13.2 Å². The zero-order valence-electron chi connectivity index (χ0n) is 16.8. The van der Waals surface area contributed by atoms with E-state index in [1.165, 1.54) is 0 Å². The van der Waals surface area contributed by atoms with Crippen LogP contribution in [0.3, 0.4) is 0 Å². The SMILES string of the molecule is CCOCCCNS(=O)(=O)c1ccc(N2C(N)=NC(N)=NC23CCCCC3)cc1. The number of ether oxygens (including phenoxy) is 1. The van der Waals surface area contributed by atoms with Crippen molar-refractivity contribution in [3.8, 4) is 0 Å². The van der Waals surface area contributed by atoms with Gasteiger partial charge in [-0.25, -0.2) is 18.1 Å². The minimum atomic E-state index is -3.58. The Balaban J connectivity index is 1.77. The number of nitrogens with zero attached hydrogens (tertiary/aromatic N) is 3. The first-order valence-electron chi connectivity index (χ1n) is 10.1. The lowest BCUT2D eigenvalue weighted by Crippen LogP contribution is -2.58. The number of benzene rings is 1. The number of rotatable bonds is 8. The van der Waals surface area contributed by atoms with Gasteiger partial charge in [0.1, 0.15) is 5.66 Å². The van der Waals surface area contributed by atoms with Gasteiger partial charge in [0.05, 0.1) is 4.90 Å². The Labute approximate surface area is 172 Å². The maximum absolute atomic E-state index is 12.5. The Morgan fingerprint density at radius 2 is 1.86 bits per heavy atom. The van der Waals surface area contributed by atoms with Gasteiger partial charge in [0, 0.05) is 25.4 Å². The molecule has 1 aliphatic heterocycles. The minimum absolute atomic E-state index is 0.191. The molecule has 1 fully saturated rings. The Morgan fingerprint density at radius 1 is 1.17 bits per heavy atom. The van der Waals surface area contributed by atoms with Crippen LogP contribution < -0.4 is 21.1 Å². The fourth-order valence-corrected chi connectivity index (χ4v) is 4.95. The topological polar surface area (TPSA) is 135 Å². The van der Waals surface area contributed by atoms with Gasteiger partial charge in [-0.05, 0) is 63.3 Å². The highest BCUT2D eigenvalue weighted by molar-refractivity contribution is 7.89. The summed E-state index contributed by atoms with van der Waals surface area (Å²) >= 11 is 0. The van der Waals surface area contributed by atoms with Gasteiger partial charge in [-0.1, -0.05) is 6.42 Å². The van der Waals surface area contributed by atoms with Crippen molar-refractivity contribution in [1.29, 1.82) is 0 Å². The number of hydrogen-bond acceptors (Lipinski definition) is 8. The highest BCUT2D eigenvalue weighted by Crippen LogP contribution is 2.39. The van der Waals surface area contributed by atoms with E-state index in [1.54, 1.807) is 24.3 Å². The Hall–Kier alpha value is -2.17. The Kier molecular flexibility index (Phi) is 6.76. The maximum atomic E-state index is 12.5. The van der Waals surface area contributed by atoms with Crippen LogP contribution in [-0.2, 0) is 14.8 Å². The van der Waals surface area contributed by atoms with Crippen LogP contribution >= 0.6 is 0 Å². The molecule has 0 saturated heterocycles. The summed E-state index contributed by atoms with van der Waals surface area (Å²) in [4.78, 5) is 10.8. The van der Waals surface area contributed by atoms with E-state index >= 15 is 0 Å². The van der Waals surface area contributed by atoms with Gasteiger partial charge in [-0.3, -0.25) is 4.90 Å². The van der Waals surface area contributed by atoms with E-state index in [4.69, 9.17) is 16.2 Å². The lowest BCUT2D eigenvalue weighted by molar-refractivity contribution is 0.146. The van der Waals surface area contributed by atoms with E-state index in [2.05, 4.69) is 14.7 Å². The highest BCUT2D eigenvalue weighted by Gasteiger charge is 2.42. The van der Waals surface area contributed by atoms with Crippen molar-refractivity contribution in [2.45, 2.75) is 56.0 Å². The lowest BCUT2D eigenvalue weighted by Gasteiger charge is -2.45. The smallest absolute Gasteiger partial charge is 0.240 e. The van der Waals surface area contributed by atoms with E-state index in [0.29, 0.717) is 26.2 Å². The molecule has 1 aliphatic carbocycles. The van der Waals surface area contributed by atoms with Gasteiger partial charge in [0.2, 0.25) is 21.9 Å². The Bertz CT molecular complexity index is 860. The van der Waals surface area contributed by atoms with Crippen LogP contribution in [0.2, 0.25) is 0 Å². The molecular weight excluding hydrogens is 392 g/mol. The summed E-state index contributed by atoms with van der Waals surface area (Å²) in [5, 5.41) is 0. The first-order valence-corrected chi connectivity index (χ1v) is 11.5. The van der Waals surface area contributed by atoms with Crippen LogP contribution in [0, 0.1) is 0 Å². The highest BCUT2D eigenvalue weighted by atomic mass is 32.2. The quantitative estimate of drug-likeness (QED) is 0.543. The van der Waals surface area contributed by atoms with Crippen molar-refractivity contribution in [3.05, 3.63) is 24.3 Å². The molecule has 0 atom stereocenters. The second-order valence-corrected chi connectivity index (χ2v) is 9.03. The number of nitrogens with two attached hydrogens (primary N) is 2. The van der Waals surface area contributed by atoms with Crippen molar-refractivity contribution in [2.75, 3.05) is 24.7 Å². The zero-order valence-corrected chi connectivity index (χ0v) is 17.6. The summed E-state index contributed by atoms with van der Waals surface area (Å²) in [6, 6.07) is 6.63. The summed E-state index contributed by atoms with van der Waals surface area (Å²) in [6.45, 7) is 3.38. The molecule has 9 nitrogen and oxygen atoms in total. The van der Waals surface area contributed by atoms with Gasteiger partial charge in [-0.2, -0.15) is 4.99 Å². The normalized spacial score (nSPS) is 19.1. The first kappa shape index (κ1) is 21.5. The van der Waals surface area contributed by atoms with Crippen molar-refractivity contribution in [3.63, 3.8) is 0 Å². The third-order valence-electron chi connectivity index (χ3n) is 5.22. The average molecular weight is 423 g/mol. The van der Waals surface area contributed by atoms with E-state index in [0.717, 1.165) is 37.8 Å². The number of aliphatic imine (C=N–C) groups is 2. The number of nitrogens with one attached hydrogen (secondary N) is 1. The summed E-state index contributed by atoms with van der Waals surface area (Å²) < 4.78 is 32.8. The fourth-order valence-electron chi connectivity index (χ4n) is 3.88. The molecule has 1 aromatic rings. The summed E-state index contributed by atoms with van der Waals surface area (Å²) in [5.41, 5.74) is 12.3. The molecule has 10 heteroatoms. The van der Waals surface area contributed by atoms with Crippen LogP contribution in [0.5, 0.6) is 0 Å². The molecule has 29 heavy (non-hydrogen) atoms. The molecular formula is C19H30N6O3S. The number of hydrogen-bond donors (Lipinski definition) is 3. The fraction of sp³-hybridized carbons (Fsp3) is 0.579. The number of anilines is 1. The standard InChI is InChI=1S/C19H30N6O3S/c1-2-28-14-6-13-22-29(26,27)16-9-7-15(8-10-16)25-18(21)23-17(20)24-19(25)11-4-3-5-12-19/h7-10,22H,2-6,11-14H2,1H3,(H4,20,21,23,24). The third kappa shape index (κ3) is 4.88. The maximum Gasteiger partial charge on any atom is 0.240 e. The third-order valence-corrected chi connectivity index (χ3v) is 6.70. The molecule has 160 valence electrons. The van der Waals surface area contributed by atoms with Gasteiger partial charge < -0.3 is 16.2 Å². The molecule has 0 amide bonds. The molecule has 0 bridgehead atoms. The van der Waals surface area contributed by atoms with Crippen LogP contribution in [0.4, 0.5) is 5.69 Å². The molecule has 1 saturated carbocycles. The van der Waals surface area contributed by atoms with Gasteiger partial charge in [-0.15, -0.1) is 0 Å². The van der Waals surface area contributed by atoms with Gasteiger partial charge >= 0.3 is 0 Å². The van der Waals surface area contributed by atoms with Crippen LogP contribution in [0.25, 0.3) is 0 Å². The molecule has 1 heterocycles. The van der Waals surface area contributed by atoms with E-state index in [1.807, 2.05) is 11.8 Å². The van der Waals surface area contributed by atoms with Gasteiger partial charge in [0.25, 0.3) is 0 Å². The molecule has 0 unspecified atom stereocenters. The van der Waals surface area contributed by atoms with Crippen LogP contribution in [0.1, 0.15) is 45.4 Å². The first-order chi connectivity index (χ1) is 13.9. The monoisotopic (exact) mass is 422 g/mol. The molecule has 2 aliphatic rings.